The number of benzene rings is 2. The summed E-state index contributed by atoms with van der Waals surface area (Å²) in [5.74, 6) is -0.175. The van der Waals surface area contributed by atoms with Crippen molar-refractivity contribution in [3.8, 4) is 39.5 Å². The van der Waals surface area contributed by atoms with E-state index in [0.29, 0.717) is 11.3 Å². The molecule has 0 aliphatic carbocycles. The monoisotopic (exact) mass is 421 g/mol. The highest BCUT2D eigenvalue weighted by Crippen LogP contribution is 2.35. The van der Waals surface area contributed by atoms with Crippen molar-refractivity contribution in [3.05, 3.63) is 85.1 Å². The Labute approximate surface area is 181 Å². The number of H-pyrrole nitrogens is 2. The molecule has 0 spiro atoms. The molecule has 7 heteroatoms. The molecule has 6 aromatic rings. The second-order valence-electron chi connectivity index (χ2n) is 7.58. The maximum absolute atomic E-state index is 13.4. The van der Waals surface area contributed by atoms with Crippen LogP contribution in [-0.4, -0.2) is 30.3 Å². The first-order chi connectivity index (χ1) is 15.7. The number of aromatic nitrogens is 5. The van der Waals surface area contributed by atoms with Crippen LogP contribution in [0.15, 0.2) is 79.3 Å². The Morgan fingerprint density at radius 1 is 0.812 bits per heavy atom. The van der Waals surface area contributed by atoms with Gasteiger partial charge in [-0.2, -0.15) is 5.10 Å². The van der Waals surface area contributed by atoms with Gasteiger partial charge in [0.2, 0.25) is 0 Å². The number of aromatic amines is 2. The maximum atomic E-state index is 13.4. The predicted molar refractivity (Wildman–Crippen MR) is 121 cm³/mol. The van der Waals surface area contributed by atoms with E-state index in [0.717, 1.165) is 44.3 Å². The summed E-state index contributed by atoms with van der Waals surface area (Å²) < 4.78 is 13.4. The van der Waals surface area contributed by atoms with Gasteiger partial charge in [-0.05, 0) is 47.5 Å². The van der Waals surface area contributed by atoms with Crippen LogP contribution in [0.25, 0.3) is 55.6 Å². The highest BCUT2D eigenvalue weighted by atomic mass is 19.1. The average Bonchev–Trinajstić information content (AvgIpc) is 3.43. The number of nitrogens with zero attached hydrogens (tertiary/aromatic N) is 3. The molecule has 0 saturated heterocycles. The van der Waals surface area contributed by atoms with Crippen molar-refractivity contribution >= 4 is 21.8 Å². The van der Waals surface area contributed by atoms with E-state index in [1.54, 1.807) is 30.6 Å². The van der Waals surface area contributed by atoms with Gasteiger partial charge in [-0.15, -0.1) is 0 Å². The third-order valence-electron chi connectivity index (χ3n) is 5.54. The number of rotatable bonds is 3. The van der Waals surface area contributed by atoms with E-state index in [4.69, 9.17) is 0 Å². The molecular weight excluding hydrogens is 405 g/mol. The molecule has 32 heavy (non-hydrogen) atoms. The third kappa shape index (κ3) is 2.99. The summed E-state index contributed by atoms with van der Waals surface area (Å²) in [4.78, 5) is 12.0. The fourth-order valence-corrected chi connectivity index (χ4v) is 4.01. The number of halogens is 1. The minimum atomic E-state index is -0.259. The maximum Gasteiger partial charge on any atom is 0.134 e. The molecule has 4 aromatic heterocycles. The first-order valence-corrected chi connectivity index (χ1v) is 10.0. The largest absolute Gasteiger partial charge is 0.506 e. The van der Waals surface area contributed by atoms with Gasteiger partial charge in [0.25, 0.3) is 0 Å². The van der Waals surface area contributed by atoms with E-state index >= 15 is 0 Å². The molecule has 3 N–H and O–H groups in total. The van der Waals surface area contributed by atoms with Gasteiger partial charge in [0.15, 0.2) is 0 Å². The van der Waals surface area contributed by atoms with Gasteiger partial charge in [-0.3, -0.25) is 15.1 Å². The minimum absolute atomic E-state index is 0.0840. The first-order valence-electron chi connectivity index (χ1n) is 10.0. The molecule has 0 bridgehead atoms. The van der Waals surface area contributed by atoms with Crippen LogP contribution in [0.3, 0.4) is 0 Å². The molecule has 0 saturated carbocycles. The number of hydrogen-bond acceptors (Lipinski definition) is 4. The summed E-state index contributed by atoms with van der Waals surface area (Å²) in [7, 11) is 0. The number of nitrogens with one attached hydrogen (secondary N) is 2. The lowest BCUT2D eigenvalue weighted by Crippen LogP contribution is -1.85. The van der Waals surface area contributed by atoms with Crippen LogP contribution >= 0.6 is 0 Å². The smallest absolute Gasteiger partial charge is 0.134 e. The van der Waals surface area contributed by atoms with Crippen molar-refractivity contribution in [2.75, 3.05) is 0 Å². The summed E-state index contributed by atoms with van der Waals surface area (Å²) in [5, 5.41) is 19.2. The van der Waals surface area contributed by atoms with Gasteiger partial charge in [-0.1, -0.05) is 24.3 Å². The topological polar surface area (TPSA) is 90.5 Å². The molecule has 0 radical (unpaired) electrons. The molecule has 0 aliphatic rings. The molecule has 4 heterocycles. The molecule has 0 fully saturated rings. The Hall–Kier alpha value is -4.52. The summed E-state index contributed by atoms with van der Waals surface area (Å²) in [5.41, 5.74) is 6.74. The zero-order valence-corrected chi connectivity index (χ0v) is 16.7. The van der Waals surface area contributed by atoms with Crippen molar-refractivity contribution in [2.24, 2.45) is 0 Å². The summed E-state index contributed by atoms with van der Waals surface area (Å²) in [6.07, 6.45) is 4.76. The van der Waals surface area contributed by atoms with Crippen molar-refractivity contribution in [2.45, 2.75) is 0 Å². The quantitative estimate of drug-likeness (QED) is 0.343. The van der Waals surface area contributed by atoms with Crippen LogP contribution in [0, 0.1) is 5.82 Å². The van der Waals surface area contributed by atoms with Crippen LogP contribution in [0.5, 0.6) is 5.75 Å². The average molecular weight is 421 g/mol. The van der Waals surface area contributed by atoms with Crippen LogP contribution in [0.4, 0.5) is 4.39 Å². The van der Waals surface area contributed by atoms with Crippen LogP contribution in [0.2, 0.25) is 0 Å². The Morgan fingerprint density at radius 2 is 1.69 bits per heavy atom. The fraction of sp³-hybridized carbons (Fsp3) is 0. The third-order valence-corrected chi connectivity index (χ3v) is 5.54. The van der Waals surface area contributed by atoms with E-state index in [1.165, 1.54) is 18.3 Å². The summed E-state index contributed by atoms with van der Waals surface area (Å²) in [6.45, 7) is 0. The van der Waals surface area contributed by atoms with Gasteiger partial charge >= 0.3 is 0 Å². The van der Waals surface area contributed by atoms with E-state index < -0.39 is 0 Å². The Balaban J connectivity index is 1.50. The van der Waals surface area contributed by atoms with E-state index in [9.17, 15) is 9.50 Å². The van der Waals surface area contributed by atoms with Gasteiger partial charge in [0.1, 0.15) is 17.3 Å². The Kier molecular flexibility index (Phi) is 4.01. The van der Waals surface area contributed by atoms with Gasteiger partial charge in [0.05, 0.1) is 29.3 Å². The van der Waals surface area contributed by atoms with Gasteiger partial charge in [0, 0.05) is 28.0 Å². The lowest BCUT2D eigenvalue weighted by Gasteiger charge is -2.03. The SMILES string of the molecule is Oc1cncc(-c2cc3c(-c4cc5c(-c6ccc(F)cc6)cccc5[nH]4)n[nH]c3cn2)c1. The van der Waals surface area contributed by atoms with Crippen molar-refractivity contribution in [1.29, 1.82) is 0 Å². The molecule has 6 nitrogen and oxygen atoms in total. The lowest BCUT2D eigenvalue weighted by molar-refractivity contribution is 0.473. The first kappa shape index (κ1) is 18.3. The Morgan fingerprint density at radius 3 is 2.53 bits per heavy atom. The molecule has 2 aromatic carbocycles. The van der Waals surface area contributed by atoms with Crippen molar-refractivity contribution in [3.63, 3.8) is 0 Å². The number of aromatic hydroxyl groups is 1. The van der Waals surface area contributed by atoms with E-state index in [-0.39, 0.29) is 11.6 Å². The highest BCUT2D eigenvalue weighted by molar-refractivity contribution is 6.01. The summed E-state index contributed by atoms with van der Waals surface area (Å²) >= 11 is 0. The molecular formula is C25H16FN5O. The summed E-state index contributed by atoms with van der Waals surface area (Å²) in [6, 6.07) is 18.1. The van der Waals surface area contributed by atoms with Crippen LogP contribution in [-0.2, 0) is 0 Å². The van der Waals surface area contributed by atoms with E-state index in [2.05, 4.69) is 31.2 Å². The predicted octanol–water partition coefficient (Wildman–Crippen LogP) is 5.68. The molecule has 0 aliphatic heterocycles. The Bertz CT molecular complexity index is 1600. The van der Waals surface area contributed by atoms with Crippen molar-refractivity contribution in [1.82, 2.24) is 25.1 Å². The lowest BCUT2D eigenvalue weighted by atomic mass is 10.0. The highest BCUT2D eigenvalue weighted by Gasteiger charge is 2.15. The molecule has 154 valence electrons. The van der Waals surface area contributed by atoms with Gasteiger partial charge in [-0.25, -0.2) is 4.39 Å². The minimum Gasteiger partial charge on any atom is -0.506 e. The zero-order chi connectivity index (χ0) is 21.7. The second kappa shape index (κ2) is 7.02. The molecule has 6 rings (SSSR count). The normalized spacial score (nSPS) is 11.4. The van der Waals surface area contributed by atoms with Crippen molar-refractivity contribution < 1.29 is 9.50 Å². The standard InChI is InChI=1S/C25H16FN5O/c26-16-6-4-14(5-7-16)18-2-1-3-21-19(18)9-23(29-21)25-20-10-22(28-13-24(20)30-31-25)15-8-17(32)12-27-11-15/h1-13,29,32H,(H,30,31). The number of hydrogen-bond donors (Lipinski definition) is 3. The van der Waals surface area contributed by atoms with Gasteiger partial charge < -0.3 is 10.1 Å². The number of fused-ring (bicyclic) bond motifs is 2. The van der Waals surface area contributed by atoms with Crippen LogP contribution in [0.1, 0.15) is 0 Å². The fourth-order valence-electron chi connectivity index (χ4n) is 4.01. The molecule has 0 amide bonds. The molecule has 0 atom stereocenters. The molecule has 0 unspecified atom stereocenters. The van der Waals surface area contributed by atoms with E-state index in [1.807, 2.05) is 24.3 Å². The number of pyridine rings is 2. The van der Waals surface area contributed by atoms with Crippen LogP contribution < -0.4 is 0 Å². The second-order valence-corrected chi connectivity index (χ2v) is 7.58. The zero-order valence-electron chi connectivity index (χ0n) is 16.7.